The van der Waals surface area contributed by atoms with Crippen molar-refractivity contribution < 1.29 is 0 Å². The molecule has 0 amide bonds. The molecule has 2 atom stereocenters. The van der Waals surface area contributed by atoms with Crippen LogP contribution in [-0.4, -0.2) is 22.3 Å². The van der Waals surface area contributed by atoms with Crippen molar-refractivity contribution >= 4 is 9.24 Å². The van der Waals surface area contributed by atoms with Gasteiger partial charge in [-0.05, 0) is 34.6 Å². The van der Waals surface area contributed by atoms with E-state index < -0.39 is 5.28 Å². The molecule has 0 bridgehead atoms. The van der Waals surface area contributed by atoms with Crippen molar-refractivity contribution in [2.75, 3.05) is 0 Å². The molecule has 2 nitrogen and oxygen atoms in total. The normalized spacial score (nSPS) is 16.7. The van der Waals surface area contributed by atoms with Gasteiger partial charge in [-0.15, -0.1) is 9.24 Å². The van der Waals surface area contributed by atoms with Crippen LogP contribution in [0.15, 0.2) is 0 Å². The predicted molar refractivity (Wildman–Crippen MR) is 55.8 cm³/mol. The topological polar surface area (TPSA) is 27.0 Å². The second kappa shape index (κ2) is 4.21. The standard InChI is InChI=1S/C9H19N2P/c1-7(2)11(8(3)4)9(5,12)6-10/h7-8H,12H2,1-5H3. The number of nitriles is 1. The lowest BCUT2D eigenvalue weighted by atomic mass is 10.1. The number of hydrogen-bond acceptors (Lipinski definition) is 2. The van der Waals surface area contributed by atoms with E-state index in [0.717, 1.165) is 0 Å². The maximum Gasteiger partial charge on any atom is 0.120 e. The molecule has 0 aliphatic carbocycles. The molecule has 0 saturated carbocycles. The molecule has 0 aromatic rings. The Hall–Kier alpha value is -0.120. The first-order valence-corrected chi connectivity index (χ1v) is 4.89. The van der Waals surface area contributed by atoms with Crippen molar-refractivity contribution in [3.63, 3.8) is 0 Å². The van der Waals surface area contributed by atoms with Gasteiger partial charge in [0, 0.05) is 12.1 Å². The molecule has 3 heteroatoms. The van der Waals surface area contributed by atoms with E-state index in [1.165, 1.54) is 0 Å². The van der Waals surface area contributed by atoms with E-state index in [1.54, 1.807) is 0 Å². The quantitative estimate of drug-likeness (QED) is 0.632. The zero-order valence-corrected chi connectivity index (χ0v) is 9.78. The highest BCUT2D eigenvalue weighted by Gasteiger charge is 2.30. The summed E-state index contributed by atoms with van der Waals surface area (Å²) < 4.78 is 0. The van der Waals surface area contributed by atoms with E-state index in [0.29, 0.717) is 12.1 Å². The molecule has 0 spiro atoms. The fourth-order valence-corrected chi connectivity index (χ4v) is 2.32. The number of nitrogens with zero attached hydrogens (tertiary/aromatic N) is 2. The van der Waals surface area contributed by atoms with Crippen LogP contribution in [0.4, 0.5) is 0 Å². The maximum absolute atomic E-state index is 8.95. The van der Waals surface area contributed by atoms with Crippen LogP contribution >= 0.6 is 9.24 Å². The van der Waals surface area contributed by atoms with Crippen LogP contribution in [0.5, 0.6) is 0 Å². The maximum atomic E-state index is 8.95. The average molecular weight is 186 g/mol. The van der Waals surface area contributed by atoms with Crippen molar-refractivity contribution in [2.24, 2.45) is 0 Å². The van der Waals surface area contributed by atoms with Crippen LogP contribution in [0.2, 0.25) is 0 Å². The minimum atomic E-state index is -0.442. The lowest BCUT2D eigenvalue weighted by Gasteiger charge is -2.39. The molecular weight excluding hydrogens is 167 g/mol. The van der Waals surface area contributed by atoms with Crippen molar-refractivity contribution in [1.82, 2.24) is 4.90 Å². The average Bonchev–Trinajstić information content (AvgIpc) is 1.84. The minimum absolute atomic E-state index is 0.396. The van der Waals surface area contributed by atoms with Crippen molar-refractivity contribution in [1.29, 1.82) is 5.26 Å². The highest BCUT2D eigenvalue weighted by atomic mass is 31.0. The molecule has 70 valence electrons. The highest BCUT2D eigenvalue weighted by molar-refractivity contribution is 7.19. The summed E-state index contributed by atoms with van der Waals surface area (Å²) in [4.78, 5) is 2.18. The summed E-state index contributed by atoms with van der Waals surface area (Å²) >= 11 is 0. The smallest absolute Gasteiger partial charge is 0.120 e. The molecule has 2 unspecified atom stereocenters. The van der Waals surface area contributed by atoms with E-state index in [2.05, 4.69) is 47.9 Å². The summed E-state index contributed by atoms with van der Waals surface area (Å²) in [6.07, 6.45) is 0. The van der Waals surface area contributed by atoms with E-state index in [-0.39, 0.29) is 0 Å². The third-order valence-electron chi connectivity index (χ3n) is 1.88. The van der Waals surface area contributed by atoms with E-state index >= 15 is 0 Å². The Balaban J connectivity index is 4.65. The molecular formula is C9H19N2P. The van der Waals surface area contributed by atoms with Gasteiger partial charge >= 0.3 is 0 Å². The van der Waals surface area contributed by atoms with Gasteiger partial charge in [0.25, 0.3) is 0 Å². The van der Waals surface area contributed by atoms with Gasteiger partial charge in [-0.1, -0.05) is 0 Å². The van der Waals surface area contributed by atoms with Crippen LogP contribution in [-0.2, 0) is 0 Å². The summed E-state index contributed by atoms with van der Waals surface area (Å²) in [5, 5.41) is 8.51. The van der Waals surface area contributed by atoms with E-state index in [1.807, 2.05) is 6.92 Å². The molecule has 0 fully saturated rings. The summed E-state index contributed by atoms with van der Waals surface area (Å²) in [6.45, 7) is 10.4. The van der Waals surface area contributed by atoms with Gasteiger partial charge in [-0.3, -0.25) is 4.90 Å². The summed E-state index contributed by atoms with van der Waals surface area (Å²) in [6, 6.07) is 3.08. The Morgan fingerprint density at radius 3 is 1.67 bits per heavy atom. The first-order chi connectivity index (χ1) is 5.33. The van der Waals surface area contributed by atoms with Gasteiger partial charge in [-0.25, -0.2) is 0 Å². The van der Waals surface area contributed by atoms with Crippen LogP contribution in [0.3, 0.4) is 0 Å². The van der Waals surface area contributed by atoms with Gasteiger partial charge in [0.2, 0.25) is 0 Å². The van der Waals surface area contributed by atoms with Crippen LogP contribution in [0, 0.1) is 11.3 Å². The minimum Gasteiger partial charge on any atom is -0.278 e. The fourth-order valence-electron chi connectivity index (χ4n) is 1.73. The van der Waals surface area contributed by atoms with Gasteiger partial charge in [0.05, 0.1) is 6.07 Å². The molecule has 0 aromatic heterocycles. The fraction of sp³-hybridized carbons (Fsp3) is 0.889. The first kappa shape index (κ1) is 11.9. The van der Waals surface area contributed by atoms with Gasteiger partial charge in [-0.2, -0.15) is 5.26 Å². The van der Waals surface area contributed by atoms with Gasteiger partial charge in [0.1, 0.15) is 5.28 Å². The lowest BCUT2D eigenvalue weighted by molar-refractivity contribution is 0.132. The number of hydrogen-bond donors (Lipinski definition) is 0. The molecule has 0 saturated heterocycles. The second-order valence-electron chi connectivity index (χ2n) is 3.85. The lowest BCUT2D eigenvalue weighted by Crippen LogP contribution is -2.48. The van der Waals surface area contributed by atoms with Crippen molar-refractivity contribution in [3.05, 3.63) is 0 Å². The highest BCUT2D eigenvalue weighted by Crippen LogP contribution is 2.26. The Kier molecular flexibility index (Phi) is 4.17. The van der Waals surface area contributed by atoms with Gasteiger partial charge in [0.15, 0.2) is 0 Å². The monoisotopic (exact) mass is 186 g/mol. The van der Waals surface area contributed by atoms with Crippen LogP contribution in [0.25, 0.3) is 0 Å². The predicted octanol–water partition coefficient (Wildman–Crippen LogP) is 2.22. The third kappa shape index (κ3) is 2.73. The molecule has 0 radical (unpaired) electrons. The molecule has 0 rings (SSSR count). The Morgan fingerprint density at radius 1 is 1.25 bits per heavy atom. The summed E-state index contributed by atoms with van der Waals surface area (Å²) in [5.74, 6) is 0. The molecule has 0 heterocycles. The summed E-state index contributed by atoms with van der Waals surface area (Å²) in [5.41, 5.74) is 0. The zero-order chi connectivity index (χ0) is 9.94. The molecule has 12 heavy (non-hydrogen) atoms. The second-order valence-corrected chi connectivity index (χ2v) is 4.98. The van der Waals surface area contributed by atoms with Crippen molar-refractivity contribution in [2.45, 2.75) is 52.0 Å². The molecule has 0 aliphatic heterocycles. The Morgan fingerprint density at radius 2 is 1.58 bits per heavy atom. The summed E-state index contributed by atoms with van der Waals surface area (Å²) in [7, 11) is 2.61. The Labute approximate surface area is 78.1 Å². The van der Waals surface area contributed by atoms with Crippen LogP contribution in [0.1, 0.15) is 34.6 Å². The molecule has 0 aromatic carbocycles. The Bertz CT molecular complexity index is 171. The van der Waals surface area contributed by atoms with E-state index in [9.17, 15) is 0 Å². The largest absolute Gasteiger partial charge is 0.278 e. The SMILES string of the molecule is CC(C)N(C(C)C)C(C)(P)C#N. The zero-order valence-electron chi connectivity index (χ0n) is 8.63. The first-order valence-electron chi connectivity index (χ1n) is 4.31. The third-order valence-corrected chi connectivity index (χ3v) is 2.30. The van der Waals surface area contributed by atoms with E-state index in [4.69, 9.17) is 5.26 Å². The van der Waals surface area contributed by atoms with Gasteiger partial charge < -0.3 is 0 Å². The molecule has 0 aliphatic rings. The molecule has 0 N–H and O–H groups in total. The van der Waals surface area contributed by atoms with Crippen molar-refractivity contribution in [3.8, 4) is 6.07 Å². The van der Waals surface area contributed by atoms with Crippen LogP contribution < -0.4 is 0 Å². The number of rotatable bonds is 3.